The van der Waals surface area contributed by atoms with Gasteiger partial charge in [0.25, 0.3) is 0 Å². The Hall–Kier alpha value is -1.27. The molecule has 0 saturated carbocycles. The van der Waals surface area contributed by atoms with Crippen LogP contribution in [0.3, 0.4) is 0 Å². The molecule has 0 spiro atoms. The van der Waals surface area contributed by atoms with Crippen LogP contribution in [0.25, 0.3) is 0 Å². The van der Waals surface area contributed by atoms with Gasteiger partial charge in [-0.05, 0) is 27.7 Å². The lowest BCUT2D eigenvalue weighted by Crippen LogP contribution is -2.45. The van der Waals surface area contributed by atoms with Crippen molar-refractivity contribution >= 4 is 0 Å². The Bertz CT molecular complexity index is 538. The molecule has 0 aromatic carbocycles. The summed E-state index contributed by atoms with van der Waals surface area (Å²) in [6.07, 6.45) is -17.2. The normalized spacial score (nSPS) is 19.2. The van der Waals surface area contributed by atoms with Gasteiger partial charge in [-0.3, -0.25) is 0 Å². The molecule has 12 heteroatoms. The quantitative estimate of drug-likeness (QED) is 0.386. The molecule has 3 N–H and O–H groups in total. The maximum atomic E-state index is 12.3. The van der Waals surface area contributed by atoms with Crippen LogP contribution in [0.4, 0.5) is 39.5 Å². The van der Waals surface area contributed by atoms with E-state index >= 15 is 0 Å². The summed E-state index contributed by atoms with van der Waals surface area (Å²) in [5, 5.41) is 27.0. The monoisotopic (exact) mass is 448 g/mol. The van der Waals surface area contributed by atoms with E-state index in [9.17, 15) is 39.5 Å². The molecule has 0 radical (unpaired) electrons. The van der Waals surface area contributed by atoms with Crippen molar-refractivity contribution in [3.05, 3.63) is 24.3 Å². The average Bonchev–Trinajstić information content (AvgIpc) is 2.31. The topological polar surface area (TPSA) is 60.7 Å². The van der Waals surface area contributed by atoms with E-state index in [2.05, 4.69) is 13.2 Å². The van der Waals surface area contributed by atoms with E-state index in [1.807, 2.05) is 0 Å². The van der Waals surface area contributed by atoms with Crippen molar-refractivity contribution in [1.29, 1.82) is 0 Å². The van der Waals surface area contributed by atoms with Crippen LogP contribution in [0.5, 0.6) is 0 Å². The van der Waals surface area contributed by atoms with Gasteiger partial charge in [-0.1, -0.05) is 17.7 Å². The molecule has 0 fully saturated rings. The van der Waals surface area contributed by atoms with Crippen molar-refractivity contribution in [2.24, 2.45) is 0 Å². The van der Waals surface area contributed by atoms with Crippen LogP contribution in [0.2, 0.25) is 0 Å². The Kier molecular flexibility index (Phi) is 9.55. The standard InChI is InChI=1S/C10H14F6O2.C7H11F3O/c1-6(4-7(2,17)9(11,12)13)5-8(3,18)10(14,15)16;1-5(2)4-6(3,11)7(8,9)10/h17-18H,1,4-5H2,2-3H3;11H,1,4H2,2-3H3. The second-order valence-corrected chi connectivity index (χ2v) is 7.55. The summed E-state index contributed by atoms with van der Waals surface area (Å²) in [5.74, 6) is 0. The Morgan fingerprint density at radius 1 is 0.586 bits per heavy atom. The zero-order valence-electron chi connectivity index (χ0n) is 16.3. The van der Waals surface area contributed by atoms with Crippen LogP contribution < -0.4 is 0 Å². The van der Waals surface area contributed by atoms with Gasteiger partial charge in [-0.2, -0.15) is 39.5 Å². The van der Waals surface area contributed by atoms with E-state index in [-0.39, 0.29) is 0 Å². The maximum absolute atomic E-state index is 12.3. The third-order valence-electron chi connectivity index (χ3n) is 3.67. The fraction of sp³-hybridized carbons (Fsp3) is 0.765. The SMILES string of the molecule is C=C(C)CC(C)(O)C(F)(F)F.C=C(CC(C)(O)C(F)(F)F)CC(C)(O)C(F)(F)F. The van der Waals surface area contributed by atoms with E-state index in [4.69, 9.17) is 15.3 Å². The number of aliphatic hydroxyl groups is 3. The van der Waals surface area contributed by atoms with Gasteiger partial charge < -0.3 is 15.3 Å². The van der Waals surface area contributed by atoms with Crippen LogP contribution >= 0.6 is 0 Å². The molecule has 174 valence electrons. The molecule has 0 aromatic rings. The molecule has 0 aromatic heterocycles. The lowest BCUT2D eigenvalue weighted by molar-refractivity contribution is -0.258. The molecule has 3 unspecified atom stereocenters. The number of halogens is 9. The van der Waals surface area contributed by atoms with Gasteiger partial charge in [0.1, 0.15) is 0 Å². The molecule has 0 bridgehead atoms. The first-order chi connectivity index (χ1) is 12.3. The molecule has 29 heavy (non-hydrogen) atoms. The van der Waals surface area contributed by atoms with E-state index in [1.165, 1.54) is 6.92 Å². The highest BCUT2D eigenvalue weighted by Crippen LogP contribution is 2.39. The molecule has 3 atom stereocenters. The first-order valence-electron chi connectivity index (χ1n) is 7.95. The first kappa shape index (κ1) is 29.9. The molecule has 0 rings (SSSR count). The van der Waals surface area contributed by atoms with Gasteiger partial charge in [0.2, 0.25) is 0 Å². The van der Waals surface area contributed by atoms with Crippen molar-refractivity contribution in [2.45, 2.75) is 82.3 Å². The minimum atomic E-state index is -4.99. The summed E-state index contributed by atoms with van der Waals surface area (Å²) in [7, 11) is 0. The number of hydrogen-bond donors (Lipinski definition) is 3. The molecule has 3 nitrogen and oxygen atoms in total. The Labute approximate surface area is 162 Å². The summed E-state index contributed by atoms with van der Waals surface area (Å²) in [5.41, 5.74) is -9.22. The Morgan fingerprint density at radius 2 is 0.793 bits per heavy atom. The molecular formula is C17H25F9O3. The van der Waals surface area contributed by atoms with Gasteiger partial charge in [0.15, 0.2) is 16.8 Å². The highest BCUT2D eigenvalue weighted by Gasteiger charge is 2.53. The zero-order valence-corrected chi connectivity index (χ0v) is 16.3. The molecule has 0 saturated heterocycles. The van der Waals surface area contributed by atoms with Crippen LogP contribution in [0.1, 0.15) is 47.0 Å². The number of hydrogen-bond acceptors (Lipinski definition) is 3. The third kappa shape index (κ3) is 9.85. The van der Waals surface area contributed by atoms with Crippen molar-refractivity contribution in [3.63, 3.8) is 0 Å². The summed E-state index contributed by atoms with van der Waals surface area (Å²) in [6.45, 7) is 9.37. The van der Waals surface area contributed by atoms with Crippen molar-refractivity contribution in [2.75, 3.05) is 0 Å². The predicted octanol–water partition coefficient (Wildman–Crippen LogP) is 5.22. The minimum Gasteiger partial charge on any atom is -0.380 e. The largest absolute Gasteiger partial charge is 0.417 e. The van der Waals surface area contributed by atoms with E-state index < -0.39 is 60.2 Å². The Morgan fingerprint density at radius 3 is 0.931 bits per heavy atom. The van der Waals surface area contributed by atoms with Crippen LogP contribution in [0, 0.1) is 0 Å². The Balaban J connectivity index is 0. The molecule has 0 amide bonds. The van der Waals surface area contributed by atoms with Gasteiger partial charge in [-0.25, -0.2) is 0 Å². The highest BCUT2D eigenvalue weighted by atomic mass is 19.4. The fourth-order valence-electron chi connectivity index (χ4n) is 1.92. The second kappa shape index (κ2) is 9.25. The molecular weight excluding hydrogens is 423 g/mol. The van der Waals surface area contributed by atoms with Crippen LogP contribution in [-0.2, 0) is 0 Å². The van der Waals surface area contributed by atoms with Gasteiger partial charge >= 0.3 is 18.5 Å². The summed E-state index contributed by atoms with van der Waals surface area (Å²) < 4.78 is 109. The van der Waals surface area contributed by atoms with Gasteiger partial charge in [0.05, 0.1) is 0 Å². The predicted molar refractivity (Wildman–Crippen MR) is 87.8 cm³/mol. The van der Waals surface area contributed by atoms with E-state index in [0.29, 0.717) is 19.4 Å². The lowest BCUT2D eigenvalue weighted by Gasteiger charge is -2.31. The average molecular weight is 448 g/mol. The number of rotatable bonds is 6. The van der Waals surface area contributed by atoms with E-state index in [1.54, 1.807) is 0 Å². The van der Waals surface area contributed by atoms with Crippen LogP contribution in [0.15, 0.2) is 24.3 Å². The third-order valence-corrected chi connectivity index (χ3v) is 3.67. The minimum absolute atomic E-state index is 0.312. The second-order valence-electron chi connectivity index (χ2n) is 7.55. The first-order valence-corrected chi connectivity index (χ1v) is 7.95. The zero-order chi connectivity index (χ0) is 24.3. The highest BCUT2D eigenvalue weighted by molar-refractivity contribution is 5.07. The molecule has 0 aliphatic rings. The summed E-state index contributed by atoms with van der Waals surface area (Å²) in [6, 6.07) is 0. The summed E-state index contributed by atoms with van der Waals surface area (Å²) >= 11 is 0. The molecule has 0 aliphatic carbocycles. The summed E-state index contributed by atoms with van der Waals surface area (Å²) in [4.78, 5) is 0. The smallest absolute Gasteiger partial charge is 0.380 e. The van der Waals surface area contributed by atoms with Crippen molar-refractivity contribution in [1.82, 2.24) is 0 Å². The van der Waals surface area contributed by atoms with Gasteiger partial charge in [-0.15, -0.1) is 6.58 Å². The van der Waals surface area contributed by atoms with Gasteiger partial charge in [0, 0.05) is 19.3 Å². The van der Waals surface area contributed by atoms with Crippen molar-refractivity contribution < 1.29 is 54.8 Å². The van der Waals surface area contributed by atoms with Crippen LogP contribution in [-0.4, -0.2) is 50.7 Å². The van der Waals surface area contributed by atoms with E-state index in [0.717, 1.165) is 6.92 Å². The lowest BCUT2D eigenvalue weighted by atomic mass is 9.89. The number of alkyl halides is 9. The van der Waals surface area contributed by atoms with Crippen molar-refractivity contribution in [3.8, 4) is 0 Å². The fourth-order valence-corrected chi connectivity index (χ4v) is 1.92. The maximum Gasteiger partial charge on any atom is 0.417 e. The molecule has 0 heterocycles. The molecule has 0 aliphatic heterocycles.